The van der Waals surface area contributed by atoms with E-state index in [2.05, 4.69) is 10.6 Å². The number of hydrogen-bond acceptors (Lipinski definition) is 5. The number of carbonyl (C=O) groups is 4. The number of rotatable bonds is 6. The van der Waals surface area contributed by atoms with E-state index in [9.17, 15) is 19.2 Å². The summed E-state index contributed by atoms with van der Waals surface area (Å²) in [6.07, 6.45) is 0.621. The normalized spacial score (nSPS) is 23.0. The van der Waals surface area contributed by atoms with E-state index < -0.39 is 42.0 Å². The molecule has 0 radical (unpaired) electrons. The van der Waals surface area contributed by atoms with E-state index in [4.69, 9.17) is 16.3 Å². The first-order valence-corrected chi connectivity index (χ1v) is 8.98. The number of amides is 4. The lowest BCUT2D eigenvalue weighted by Crippen LogP contribution is -2.46. The lowest BCUT2D eigenvalue weighted by molar-refractivity contribution is -0.155. The average molecular weight is 394 g/mol. The Hall–Kier alpha value is -2.61. The van der Waals surface area contributed by atoms with Crippen molar-refractivity contribution < 1.29 is 23.9 Å². The number of urea groups is 1. The van der Waals surface area contributed by atoms with Gasteiger partial charge in [0.2, 0.25) is 0 Å². The van der Waals surface area contributed by atoms with Crippen molar-refractivity contribution in [1.82, 2.24) is 10.2 Å². The molecule has 1 aliphatic carbocycles. The van der Waals surface area contributed by atoms with Crippen LogP contribution in [0.25, 0.3) is 0 Å². The molecule has 2 aliphatic rings. The maximum atomic E-state index is 12.5. The summed E-state index contributed by atoms with van der Waals surface area (Å²) in [6, 6.07) is 5.91. The third kappa shape index (κ3) is 4.05. The topological polar surface area (TPSA) is 105 Å². The van der Waals surface area contributed by atoms with Gasteiger partial charge in [-0.25, -0.2) is 4.79 Å². The molecule has 1 aromatic carbocycles. The lowest BCUT2D eigenvalue weighted by Gasteiger charge is -2.21. The van der Waals surface area contributed by atoms with Crippen LogP contribution in [-0.2, 0) is 19.1 Å². The molecule has 2 N–H and O–H groups in total. The van der Waals surface area contributed by atoms with E-state index in [1.165, 1.54) is 6.92 Å². The van der Waals surface area contributed by atoms with Gasteiger partial charge in [-0.2, -0.15) is 0 Å². The molecule has 0 spiro atoms. The molecule has 144 valence electrons. The van der Waals surface area contributed by atoms with Gasteiger partial charge in [0.05, 0.1) is 0 Å². The molecule has 2 atom stereocenters. The number of hydrogen-bond donors (Lipinski definition) is 2. The second kappa shape index (κ2) is 7.19. The minimum atomic E-state index is -1.10. The van der Waals surface area contributed by atoms with Crippen LogP contribution in [0.2, 0.25) is 5.02 Å². The van der Waals surface area contributed by atoms with E-state index in [-0.39, 0.29) is 5.92 Å². The van der Waals surface area contributed by atoms with Crippen LogP contribution in [0.1, 0.15) is 26.7 Å². The van der Waals surface area contributed by atoms with Gasteiger partial charge in [0.15, 0.2) is 6.10 Å². The van der Waals surface area contributed by atoms with Crippen molar-refractivity contribution in [2.45, 2.75) is 38.3 Å². The smallest absolute Gasteiger partial charge is 0.327 e. The fourth-order valence-corrected chi connectivity index (χ4v) is 3.21. The maximum Gasteiger partial charge on any atom is 0.327 e. The molecule has 0 unspecified atom stereocenters. The summed E-state index contributed by atoms with van der Waals surface area (Å²) < 4.78 is 5.06. The Morgan fingerprint density at radius 3 is 2.74 bits per heavy atom. The van der Waals surface area contributed by atoms with Crippen molar-refractivity contribution in [2.75, 3.05) is 11.9 Å². The summed E-state index contributed by atoms with van der Waals surface area (Å²) in [6.45, 7) is 2.52. The number of halogens is 1. The van der Waals surface area contributed by atoms with Gasteiger partial charge in [-0.3, -0.25) is 19.3 Å². The van der Waals surface area contributed by atoms with E-state index in [1.807, 2.05) is 0 Å². The van der Waals surface area contributed by atoms with Crippen molar-refractivity contribution >= 4 is 41.1 Å². The third-order valence-corrected chi connectivity index (χ3v) is 4.99. The molecule has 27 heavy (non-hydrogen) atoms. The van der Waals surface area contributed by atoms with E-state index in [0.717, 1.165) is 17.7 Å². The number of imide groups is 1. The molecule has 8 nitrogen and oxygen atoms in total. The number of esters is 1. The number of anilines is 1. The first-order valence-electron chi connectivity index (χ1n) is 8.60. The highest BCUT2D eigenvalue weighted by Crippen LogP contribution is 2.42. The predicted octanol–water partition coefficient (Wildman–Crippen LogP) is 1.93. The van der Waals surface area contributed by atoms with Crippen LogP contribution >= 0.6 is 11.6 Å². The minimum absolute atomic E-state index is 0.0948. The summed E-state index contributed by atoms with van der Waals surface area (Å²) in [4.78, 5) is 49.6. The van der Waals surface area contributed by atoms with Crippen LogP contribution in [0, 0.1) is 5.92 Å². The van der Waals surface area contributed by atoms with Crippen LogP contribution in [0.3, 0.4) is 0 Å². The van der Waals surface area contributed by atoms with Gasteiger partial charge in [-0.1, -0.05) is 17.7 Å². The Balaban J connectivity index is 1.54. The van der Waals surface area contributed by atoms with Crippen LogP contribution in [0.15, 0.2) is 24.3 Å². The predicted molar refractivity (Wildman–Crippen MR) is 97.0 cm³/mol. The highest BCUT2D eigenvalue weighted by atomic mass is 35.5. The first kappa shape index (κ1) is 19.2. The van der Waals surface area contributed by atoms with Crippen molar-refractivity contribution in [2.24, 2.45) is 5.92 Å². The van der Waals surface area contributed by atoms with Gasteiger partial charge in [-0.05, 0) is 50.8 Å². The Labute approximate surface area is 161 Å². The zero-order valence-electron chi connectivity index (χ0n) is 15.0. The molecule has 0 aromatic heterocycles. The number of benzene rings is 1. The summed E-state index contributed by atoms with van der Waals surface area (Å²) in [5, 5.41) is 5.68. The second-order valence-corrected chi connectivity index (χ2v) is 7.37. The van der Waals surface area contributed by atoms with Crippen LogP contribution in [0.4, 0.5) is 10.5 Å². The second-order valence-electron chi connectivity index (χ2n) is 6.93. The number of nitrogens with one attached hydrogen (secondary N) is 2. The minimum Gasteiger partial charge on any atom is -0.451 e. The fraction of sp³-hybridized carbons (Fsp3) is 0.444. The van der Waals surface area contributed by atoms with Gasteiger partial charge < -0.3 is 15.4 Å². The Bertz CT molecular complexity index is 810. The Kier molecular flexibility index (Phi) is 5.10. The summed E-state index contributed by atoms with van der Waals surface area (Å²) in [7, 11) is 0. The highest BCUT2D eigenvalue weighted by molar-refractivity contribution is 6.30. The van der Waals surface area contributed by atoms with E-state index in [0.29, 0.717) is 10.7 Å². The maximum absolute atomic E-state index is 12.5. The SMILES string of the molecule is C[C@@H](OC(=O)CN1C(=O)N[C@](C)(C2CC2)C1=O)C(=O)Nc1cccc(Cl)c1. The van der Waals surface area contributed by atoms with Crippen molar-refractivity contribution in [3.63, 3.8) is 0 Å². The molecular weight excluding hydrogens is 374 g/mol. The summed E-state index contributed by atoms with van der Waals surface area (Å²) >= 11 is 5.85. The van der Waals surface area contributed by atoms with E-state index >= 15 is 0 Å². The molecule has 2 fully saturated rings. The molecule has 3 rings (SSSR count). The molecule has 9 heteroatoms. The monoisotopic (exact) mass is 393 g/mol. The Morgan fingerprint density at radius 1 is 1.41 bits per heavy atom. The van der Waals surface area contributed by atoms with Crippen LogP contribution in [-0.4, -0.2) is 46.9 Å². The first-order chi connectivity index (χ1) is 12.7. The standard InChI is InChI=1S/C18H20ClN3O5/c1-10(15(24)20-13-5-3-4-12(19)8-13)27-14(23)9-22-16(25)18(2,11-6-7-11)21-17(22)26/h3-5,8,10-11H,6-7,9H2,1-2H3,(H,20,24)(H,21,26)/t10-,18-/m1/s1. The van der Waals surface area contributed by atoms with Crippen molar-refractivity contribution in [1.29, 1.82) is 0 Å². The van der Waals surface area contributed by atoms with Gasteiger partial charge in [-0.15, -0.1) is 0 Å². The number of nitrogens with zero attached hydrogens (tertiary/aromatic N) is 1. The highest BCUT2D eigenvalue weighted by Gasteiger charge is 2.56. The number of ether oxygens (including phenoxy) is 1. The van der Waals surface area contributed by atoms with Crippen LogP contribution in [0.5, 0.6) is 0 Å². The van der Waals surface area contributed by atoms with Gasteiger partial charge in [0, 0.05) is 10.7 Å². The molecule has 4 amide bonds. The van der Waals surface area contributed by atoms with E-state index in [1.54, 1.807) is 31.2 Å². The molecule has 1 saturated carbocycles. The molecular formula is C18H20ClN3O5. The summed E-state index contributed by atoms with van der Waals surface area (Å²) in [5.74, 6) is -1.74. The lowest BCUT2D eigenvalue weighted by atomic mass is 9.96. The zero-order valence-corrected chi connectivity index (χ0v) is 15.7. The van der Waals surface area contributed by atoms with Crippen molar-refractivity contribution in [3.8, 4) is 0 Å². The van der Waals surface area contributed by atoms with Gasteiger partial charge in [0.25, 0.3) is 11.8 Å². The zero-order chi connectivity index (χ0) is 19.8. The Morgan fingerprint density at radius 2 is 2.11 bits per heavy atom. The van der Waals surface area contributed by atoms with Gasteiger partial charge >= 0.3 is 12.0 Å². The molecule has 0 bridgehead atoms. The largest absolute Gasteiger partial charge is 0.451 e. The molecule has 1 aromatic rings. The molecule has 1 heterocycles. The van der Waals surface area contributed by atoms with Gasteiger partial charge in [0.1, 0.15) is 12.1 Å². The summed E-state index contributed by atoms with van der Waals surface area (Å²) in [5.41, 5.74) is -0.503. The molecule has 1 aliphatic heterocycles. The van der Waals surface area contributed by atoms with Crippen LogP contribution < -0.4 is 10.6 Å². The van der Waals surface area contributed by atoms with Crippen molar-refractivity contribution in [3.05, 3.63) is 29.3 Å². The number of carbonyl (C=O) groups excluding carboxylic acids is 4. The quantitative estimate of drug-likeness (QED) is 0.567. The fourth-order valence-electron chi connectivity index (χ4n) is 3.02. The third-order valence-electron chi connectivity index (χ3n) is 4.75. The molecule has 1 saturated heterocycles. The average Bonchev–Trinajstić information content (AvgIpc) is 3.41.